The number of hydrogen-bond acceptors (Lipinski definition) is 6. The van der Waals surface area contributed by atoms with Crippen molar-refractivity contribution in [3.8, 4) is 11.1 Å². The highest BCUT2D eigenvalue weighted by Crippen LogP contribution is 2.35. The van der Waals surface area contributed by atoms with Crippen molar-refractivity contribution in [1.82, 2.24) is 24.6 Å². The Hall–Kier alpha value is -2.94. The molecule has 1 atom stereocenters. The molecule has 8 nitrogen and oxygen atoms in total. The molecule has 0 spiro atoms. The monoisotopic (exact) mass is 500 g/mol. The molecule has 35 heavy (non-hydrogen) atoms. The van der Waals surface area contributed by atoms with Crippen LogP contribution in [0.2, 0.25) is 5.02 Å². The zero-order valence-electron chi connectivity index (χ0n) is 20.2. The number of ether oxygens (including phenoxy) is 1. The van der Waals surface area contributed by atoms with Crippen molar-refractivity contribution in [1.29, 1.82) is 0 Å². The third kappa shape index (κ3) is 5.05. The van der Waals surface area contributed by atoms with Crippen LogP contribution in [0.5, 0.6) is 0 Å². The smallest absolute Gasteiger partial charge is 0.410 e. The van der Waals surface area contributed by atoms with Crippen LogP contribution in [0.3, 0.4) is 0 Å². The molecule has 0 bridgehead atoms. The number of fused-ring (bicyclic) bond motifs is 1. The Bertz CT molecular complexity index is 1230. The van der Waals surface area contributed by atoms with Crippen molar-refractivity contribution in [3.05, 3.63) is 35.7 Å². The number of amides is 1. The molecule has 2 aliphatic rings. The summed E-state index contributed by atoms with van der Waals surface area (Å²) < 4.78 is 21.2. The topological polar surface area (TPSA) is 76.4 Å². The van der Waals surface area contributed by atoms with E-state index in [1.165, 1.54) is 0 Å². The van der Waals surface area contributed by atoms with Gasteiger partial charge in [0.2, 0.25) is 0 Å². The Morgan fingerprint density at radius 1 is 1.14 bits per heavy atom. The first kappa shape index (κ1) is 23.8. The largest absolute Gasteiger partial charge is 0.444 e. The van der Waals surface area contributed by atoms with Crippen LogP contribution < -0.4 is 4.90 Å². The van der Waals surface area contributed by atoms with E-state index in [4.69, 9.17) is 21.3 Å². The molecule has 0 aliphatic carbocycles. The number of carbonyl (C=O) groups is 1. The lowest BCUT2D eigenvalue weighted by atomic mass is 10.1. The maximum absolute atomic E-state index is 13.8. The highest BCUT2D eigenvalue weighted by molar-refractivity contribution is 6.34. The molecule has 5 heterocycles. The van der Waals surface area contributed by atoms with Gasteiger partial charge in [-0.1, -0.05) is 11.6 Å². The van der Waals surface area contributed by atoms with Crippen LogP contribution in [-0.4, -0.2) is 68.7 Å². The zero-order valence-corrected chi connectivity index (χ0v) is 21.0. The van der Waals surface area contributed by atoms with E-state index in [2.05, 4.69) is 10.1 Å². The first-order valence-corrected chi connectivity index (χ1v) is 12.4. The van der Waals surface area contributed by atoms with Gasteiger partial charge in [0.25, 0.3) is 0 Å². The van der Waals surface area contributed by atoms with Gasteiger partial charge < -0.3 is 14.5 Å². The van der Waals surface area contributed by atoms with E-state index in [-0.39, 0.29) is 12.1 Å². The first-order valence-electron chi connectivity index (χ1n) is 12.0. The predicted octanol–water partition coefficient (Wildman–Crippen LogP) is 5.27. The fourth-order valence-electron chi connectivity index (χ4n) is 4.72. The lowest BCUT2D eigenvalue weighted by Crippen LogP contribution is -2.42. The molecule has 10 heteroatoms. The summed E-state index contributed by atoms with van der Waals surface area (Å²) in [7, 11) is 0. The minimum absolute atomic E-state index is 0.170. The van der Waals surface area contributed by atoms with E-state index in [1.54, 1.807) is 17.3 Å². The van der Waals surface area contributed by atoms with Crippen LogP contribution >= 0.6 is 11.6 Å². The summed E-state index contributed by atoms with van der Waals surface area (Å²) >= 11 is 6.60. The summed E-state index contributed by atoms with van der Waals surface area (Å²) in [5.41, 5.74) is 2.52. The van der Waals surface area contributed by atoms with Crippen LogP contribution in [-0.2, 0) is 4.74 Å². The third-order valence-corrected chi connectivity index (χ3v) is 6.77. The average Bonchev–Trinajstić information content (AvgIpc) is 3.47. The SMILES string of the molecule is CC(C)(C)OC(=O)N1CCC(n2cc(-c3c(Cl)cnc4ccc(N5CCC(F)C5)nc34)cn2)CC1. The molecule has 0 saturated carbocycles. The molecule has 186 valence electrons. The minimum atomic E-state index is -0.829. The van der Waals surface area contributed by atoms with E-state index in [1.807, 2.05) is 48.7 Å². The number of piperidine rings is 1. The number of rotatable bonds is 3. The highest BCUT2D eigenvalue weighted by atomic mass is 35.5. The van der Waals surface area contributed by atoms with Gasteiger partial charge in [0.05, 0.1) is 29.3 Å². The van der Waals surface area contributed by atoms with Crippen LogP contribution in [0.4, 0.5) is 15.0 Å². The Kier molecular flexibility index (Phi) is 6.29. The molecule has 2 saturated heterocycles. The van der Waals surface area contributed by atoms with Crippen molar-refractivity contribution in [2.24, 2.45) is 0 Å². The van der Waals surface area contributed by atoms with Gasteiger partial charge in [0.1, 0.15) is 23.1 Å². The molecule has 0 aromatic carbocycles. The number of alkyl halides is 1. The van der Waals surface area contributed by atoms with E-state index in [0.717, 1.165) is 35.3 Å². The van der Waals surface area contributed by atoms with Gasteiger partial charge in [0, 0.05) is 43.2 Å². The standard InChI is InChI=1S/C25H30ClFN6O2/c1-25(2,3)35-24(34)31-10-7-18(8-11-31)33-14-16(12-29-33)22-19(26)13-28-20-4-5-21(30-23(20)22)32-9-6-17(27)15-32/h4-5,12-14,17-18H,6-11,15H2,1-3H3. The Morgan fingerprint density at radius 3 is 2.60 bits per heavy atom. The third-order valence-electron chi connectivity index (χ3n) is 6.49. The van der Waals surface area contributed by atoms with Gasteiger partial charge in [-0.25, -0.2) is 14.2 Å². The van der Waals surface area contributed by atoms with Crippen molar-refractivity contribution < 1.29 is 13.9 Å². The summed E-state index contributed by atoms with van der Waals surface area (Å²) in [5.74, 6) is 0.727. The number of aromatic nitrogens is 4. The van der Waals surface area contributed by atoms with Crippen LogP contribution in [0.25, 0.3) is 22.2 Å². The molecule has 1 amide bonds. The van der Waals surface area contributed by atoms with Crippen molar-refractivity contribution in [3.63, 3.8) is 0 Å². The number of hydrogen-bond donors (Lipinski definition) is 0. The molecule has 5 rings (SSSR count). The van der Waals surface area contributed by atoms with E-state index >= 15 is 0 Å². The van der Waals surface area contributed by atoms with Gasteiger partial charge >= 0.3 is 6.09 Å². The molecule has 1 unspecified atom stereocenters. The molecular weight excluding hydrogens is 471 g/mol. The fraction of sp³-hybridized carbons (Fsp3) is 0.520. The molecule has 3 aromatic rings. The van der Waals surface area contributed by atoms with Gasteiger partial charge in [-0.3, -0.25) is 9.67 Å². The van der Waals surface area contributed by atoms with E-state index in [9.17, 15) is 9.18 Å². The van der Waals surface area contributed by atoms with Crippen LogP contribution in [0.15, 0.2) is 30.7 Å². The van der Waals surface area contributed by atoms with Crippen molar-refractivity contribution >= 4 is 34.5 Å². The average molecular weight is 501 g/mol. The number of carbonyl (C=O) groups excluding carboxylic acids is 1. The van der Waals surface area contributed by atoms with Crippen LogP contribution in [0.1, 0.15) is 46.1 Å². The lowest BCUT2D eigenvalue weighted by Gasteiger charge is -2.33. The lowest BCUT2D eigenvalue weighted by molar-refractivity contribution is 0.0185. The number of likely N-dealkylation sites (tertiary alicyclic amines) is 1. The Balaban J connectivity index is 1.36. The number of halogens is 2. The van der Waals surface area contributed by atoms with Gasteiger partial charge in [-0.2, -0.15) is 5.10 Å². The maximum atomic E-state index is 13.8. The highest BCUT2D eigenvalue weighted by Gasteiger charge is 2.28. The summed E-state index contributed by atoms with van der Waals surface area (Å²) in [4.78, 5) is 25.3. The normalized spacial score (nSPS) is 19.5. The quantitative estimate of drug-likeness (QED) is 0.488. The van der Waals surface area contributed by atoms with Gasteiger partial charge in [0.15, 0.2) is 0 Å². The number of nitrogens with zero attached hydrogens (tertiary/aromatic N) is 6. The van der Waals surface area contributed by atoms with Gasteiger partial charge in [-0.05, 0) is 52.2 Å². The van der Waals surface area contributed by atoms with E-state index in [0.29, 0.717) is 43.1 Å². The van der Waals surface area contributed by atoms with Crippen molar-refractivity contribution in [2.75, 3.05) is 31.1 Å². The summed E-state index contributed by atoms with van der Waals surface area (Å²) in [6.07, 6.45) is 6.39. The zero-order chi connectivity index (χ0) is 24.7. The molecule has 2 fully saturated rings. The minimum Gasteiger partial charge on any atom is -0.444 e. The maximum Gasteiger partial charge on any atom is 0.410 e. The summed E-state index contributed by atoms with van der Waals surface area (Å²) in [6, 6.07) is 3.95. The van der Waals surface area contributed by atoms with Gasteiger partial charge in [-0.15, -0.1) is 0 Å². The second-order valence-electron chi connectivity index (χ2n) is 10.3. The predicted molar refractivity (Wildman–Crippen MR) is 134 cm³/mol. The number of pyridine rings is 2. The van der Waals surface area contributed by atoms with Crippen LogP contribution in [0, 0.1) is 0 Å². The Labute approximate surface area is 209 Å². The summed E-state index contributed by atoms with van der Waals surface area (Å²) in [6.45, 7) is 7.84. The first-order chi connectivity index (χ1) is 16.7. The second kappa shape index (κ2) is 9.26. The van der Waals surface area contributed by atoms with E-state index < -0.39 is 11.8 Å². The molecule has 3 aromatic heterocycles. The molecule has 2 aliphatic heterocycles. The second-order valence-corrected chi connectivity index (χ2v) is 10.7. The summed E-state index contributed by atoms with van der Waals surface area (Å²) in [5, 5.41) is 5.11. The molecule has 0 N–H and O–H groups in total. The fourth-order valence-corrected chi connectivity index (χ4v) is 4.96. The van der Waals surface area contributed by atoms with Crippen molar-refractivity contribution in [2.45, 2.75) is 57.8 Å². The Morgan fingerprint density at radius 2 is 1.91 bits per heavy atom. The molecule has 0 radical (unpaired) electrons. The molecular formula is C25H30ClFN6O2. The number of anilines is 1.